The van der Waals surface area contributed by atoms with Crippen LogP contribution in [0.4, 0.5) is 0 Å². The number of rotatable bonds is 8. The maximum atomic E-state index is 9.96. The summed E-state index contributed by atoms with van der Waals surface area (Å²) in [5.74, 6) is 2.43. The predicted molar refractivity (Wildman–Crippen MR) is 115 cm³/mol. The normalized spacial score (nSPS) is 10.6. The summed E-state index contributed by atoms with van der Waals surface area (Å²) in [6.07, 6.45) is 0.678. The van der Waals surface area contributed by atoms with Crippen LogP contribution in [0.3, 0.4) is 0 Å². The van der Waals surface area contributed by atoms with E-state index in [9.17, 15) is 5.11 Å². The Morgan fingerprint density at radius 2 is 1.77 bits per heavy atom. The average Bonchev–Trinajstić information content (AvgIpc) is 2.65. The van der Waals surface area contributed by atoms with E-state index in [1.165, 1.54) is 0 Å². The number of nitrogens with zero attached hydrogens (tertiary/aromatic N) is 1. The second kappa shape index (κ2) is 12.2. The van der Waals surface area contributed by atoms with Crippen molar-refractivity contribution in [2.75, 3.05) is 33.9 Å². The van der Waals surface area contributed by atoms with Crippen LogP contribution in [0, 0.1) is 0 Å². The van der Waals surface area contributed by atoms with Crippen molar-refractivity contribution in [3.63, 3.8) is 0 Å². The molecule has 6 nitrogen and oxygen atoms in total. The molecule has 26 heavy (non-hydrogen) atoms. The molecule has 0 saturated carbocycles. The molecule has 0 spiro atoms. The summed E-state index contributed by atoms with van der Waals surface area (Å²) in [5.41, 5.74) is 0.858. The molecule has 0 bridgehead atoms. The molecule has 142 valence electrons. The van der Waals surface area contributed by atoms with Gasteiger partial charge in [0, 0.05) is 19.7 Å². The fourth-order valence-electron chi connectivity index (χ4n) is 2.27. The molecule has 0 saturated heterocycles. The number of hydrogen-bond acceptors (Lipinski definition) is 4. The Morgan fingerprint density at radius 1 is 1.04 bits per heavy atom. The van der Waals surface area contributed by atoms with Gasteiger partial charge in [0.05, 0.1) is 13.7 Å². The summed E-state index contributed by atoms with van der Waals surface area (Å²) in [6, 6.07) is 15.0. The Morgan fingerprint density at radius 3 is 2.42 bits per heavy atom. The smallest absolute Gasteiger partial charge is 0.191 e. The molecule has 0 aromatic heterocycles. The molecule has 0 aliphatic rings. The number of benzene rings is 2. The molecule has 0 heterocycles. The van der Waals surface area contributed by atoms with Gasteiger partial charge in [-0.2, -0.15) is 0 Å². The van der Waals surface area contributed by atoms with Gasteiger partial charge in [-0.1, -0.05) is 24.3 Å². The second-order valence-electron chi connectivity index (χ2n) is 5.33. The van der Waals surface area contributed by atoms with Gasteiger partial charge in [-0.15, -0.1) is 24.0 Å². The molecule has 2 aromatic carbocycles. The number of phenolic OH excluding ortho intramolecular Hbond substituents is 1. The van der Waals surface area contributed by atoms with Gasteiger partial charge in [0.2, 0.25) is 0 Å². The molecular formula is C19H26IN3O3. The van der Waals surface area contributed by atoms with E-state index in [1.807, 2.05) is 42.5 Å². The zero-order valence-corrected chi connectivity index (χ0v) is 17.4. The van der Waals surface area contributed by atoms with Crippen molar-refractivity contribution in [1.29, 1.82) is 0 Å². The number of phenols is 1. The number of aliphatic imine (C=N–C) groups is 1. The Kier molecular flexibility index (Phi) is 10.3. The third kappa shape index (κ3) is 7.38. The quantitative estimate of drug-likeness (QED) is 0.239. The molecule has 0 unspecified atom stereocenters. The minimum Gasteiger partial charge on any atom is -0.508 e. The number of aromatic hydroxyl groups is 1. The van der Waals surface area contributed by atoms with E-state index in [0.717, 1.165) is 11.3 Å². The van der Waals surface area contributed by atoms with Crippen molar-refractivity contribution >= 4 is 29.9 Å². The second-order valence-corrected chi connectivity index (χ2v) is 5.33. The Hall–Kier alpha value is -2.16. The van der Waals surface area contributed by atoms with Crippen LogP contribution in [0.25, 0.3) is 0 Å². The molecular weight excluding hydrogens is 445 g/mol. The number of methoxy groups -OCH3 is 1. The summed E-state index contributed by atoms with van der Waals surface area (Å²) in [4.78, 5) is 4.17. The number of nitrogens with one attached hydrogen (secondary N) is 2. The first-order chi connectivity index (χ1) is 12.2. The molecule has 0 aliphatic heterocycles. The molecule has 3 N–H and O–H groups in total. The summed E-state index contributed by atoms with van der Waals surface area (Å²) in [7, 11) is 3.30. The van der Waals surface area contributed by atoms with Crippen LogP contribution in [0.15, 0.2) is 53.5 Å². The van der Waals surface area contributed by atoms with Crippen LogP contribution in [-0.2, 0) is 6.42 Å². The van der Waals surface area contributed by atoms with Crippen LogP contribution in [0.5, 0.6) is 17.2 Å². The van der Waals surface area contributed by atoms with E-state index >= 15 is 0 Å². The van der Waals surface area contributed by atoms with E-state index in [1.54, 1.807) is 20.2 Å². The zero-order chi connectivity index (χ0) is 17.9. The molecule has 0 atom stereocenters. The molecule has 0 aliphatic carbocycles. The van der Waals surface area contributed by atoms with Gasteiger partial charge < -0.3 is 25.2 Å². The number of hydrogen-bond donors (Lipinski definition) is 3. The van der Waals surface area contributed by atoms with Crippen LogP contribution >= 0.6 is 24.0 Å². The number of para-hydroxylation sites is 1. The van der Waals surface area contributed by atoms with Gasteiger partial charge >= 0.3 is 0 Å². The molecule has 2 rings (SSSR count). The Balaban J connectivity index is 0.00000338. The molecule has 7 heteroatoms. The lowest BCUT2D eigenvalue weighted by molar-refractivity contribution is 0.322. The van der Waals surface area contributed by atoms with Crippen LogP contribution in [0.2, 0.25) is 0 Å². The molecule has 0 amide bonds. The maximum Gasteiger partial charge on any atom is 0.191 e. The van der Waals surface area contributed by atoms with Crippen molar-refractivity contribution < 1.29 is 14.6 Å². The van der Waals surface area contributed by atoms with E-state index in [0.29, 0.717) is 37.8 Å². The summed E-state index contributed by atoms with van der Waals surface area (Å²) in [5, 5.41) is 16.4. The van der Waals surface area contributed by atoms with Gasteiger partial charge in [-0.05, 0) is 30.2 Å². The van der Waals surface area contributed by atoms with E-state index in [2.05, 4.69) is 15.6 Å². The Bertz CT molecular complexity index is 681. The van der Waals surface area contributed by atoms with Crippen LogP contribution in [0.1, 0.15) is 5.56 Å². The predicted octanol–water partition coefficient (Wildman–Crippen LogP) is 2.81. The third-order valence-electron chi connectivity index (χ3n) is 3.61. The minimum absolute atomic E-state index is 0. The first kappa shape index (κ1) is 21.9. The lowest BCUT2D eigenvalue weighted by atomic mass is 10.1. The van der Waals surface area contributed by atoms with Crippen molar-refractivity contribution in [2.45, 2.75) is 6.42 Å². The van der Waals surface area contributed by atoms with Crippen molar-refractivity contribution in [2.24, 2.45) is 4.99 Å². The minimum atomic E-state index is 0. The van der Waals surface area contributed by atoms with Gasteiger partial charge in [0.15, 0.2) is 5.96 Å². The highest BCUT2D eigenvalue weighted by atomic mass is 127. The highest BCUT2D eigenvalue weighted by Gasteiger charge is 2.04. The van der Waals surface area contributed by atoms with Gasteiger partial charge in [0.1, 0.15) is 23.9 Å². The van der Waals surface area contributed by atoms with E-state index in [4.69, 9.17) is 9.47 Å². The SMILES string of the molecule is CN=C(NCCOc1ccccc1)NCCc1ccc(OC)cc1O.I. The highest BCUT2D eigenvalue weighted by Crippen LogP contribution is 2.23. The third-order valence-corrected chi connectivity index (χ3v) is 3.61. The van der Waals surface area contributed by atoms with Crippen LogP contribution in [-0.4, -0.2) is 44.9 Å². The number of ether oxygens (including phenoxy) is 2. The lowest BCUT2D eigenvalue weighted by Gasteiger charge is -2.13. The maximum absolute atomic E-state index is 9.96. The van der Waals surface area contributed by atoms with Gasteiger partial charge in [-0.3, -0.25) is 4.99 Å². The summed E-state index contributed by atoms with van der Waals surface area (Å²) < 4.78 is 10.7. The highest BCUT2D eigenvalue weighted by molar-refractivity contribution is 14.0. The topological polar surface area (TPSA) is 75.1 Å². The average molecular weight is 471 g/mol. The fourth-order valence-corrected chi connectivity index (χ4v) is 2.27. The number of guanidine groups is 1. The largest absolute Gasteiger partial charge is 0.508 e. The Labute approximate surface area is 171 Å². The molecule has 0 radical (unpaired) electrons. The zero-order valence-electron chi connectivity index (χ0n) is 15.1. The first-order valence-corrected chi connectivity index (χ1v) is 8.21. The first-order valence-electron chi connectivity index (χ1n) is 8.21. The number of halogens is 1. The lowest BCUT2D eigenvalue weighted by Crippen LogP contribution is -2.40. The molecule has 0 fully saturated rings. The van der Waals surface area contributed by atoms with Gasteiger partial charge in [0.25, 0.3) is 0 Å². The fraction of sp³-hybridized carbons (Fsp3) is 0.316. The summed E-state index contributed by atoms with van der Waals surface area (Å²) >= 11 is 0. The van der Waals surface area contributed by atoms with Crippen molar-refractivity contribution in [3.05, 3.63) is 54.1 Å². The van der Waals surface area contributed by atoms with E-state index < -0.39 is 0 Å². The molecule has 2 aromatic rings. The van der Waals surface area contributed by atoms with Crippen molar-refractivity contribution in [1.82, 2.24) is 10.6 Å². The summed E-state index contributed by atoms with van der Waals surface area (Å²) in [6.45, 7) is 1.84. The monoisotopic (exact) mass is 471 g/mol. The van der Waals surface area contributed by atoms with Crippen LogP contribution < -0.4 is 20.1 Å². The standard InChI is InChI=1S/C19H25N3O3.HI/c1-20-19(22-12-13-25-16-6-4-3-5-7-16)21-11-10-15-8-9-17(24-2)14-18(15)23;/h3-9,14,23H,10-13H2,1-2H3,(H2,20,21,22);1H. The van der Waals surface area contributed by atoms with Crippen molar-refractivity contribution in [3.8, 4) is 17.2 Å². The van der Waals surface area contributed by atoms with E-state index in [-0.39, 0.29) is 29.7 Å². The van der Waals surface area contributed by atoms with Gasteiger partial charge in [-0.25, -0.2) is 0 Å².